The van der Waals surface area contributed by atoms with Crippen molar-refractivity contribution in [2.75, 3.05) is 0 Å². The molecule has 0 radical (unpaired) electrons. The summed E-state index contributed by atoms with van der Waals surface area (Å²) >= 11 is 0. The first-order valence-corrected chi connectivity index (χ1v) is 3.61. The van der Waals surface area contributed by atoms with Gasteiger partial charge in [-0.25, -0.2) is 0 Å². The van der Waals surface area contributed by atoms with E-state index in [2.05, 4.69) is 10.3 Å². The average Bonchev–Trinajstić information content (AvgIpc) is 2.06. The highest BCUT2D eigenvalue weighted by atomic mass is 16.4. The minimum Gasteiger partial charge on any atom is -0.411 e. The number of hydrogen-bond donors (Lipinski definition) is 2. The van der Waals surface area contributed by atoms with Crippen LogP contribution in [0.15, 0.2) is 10.3 Å². The summed E-state index contributed by atoms with van der Waals surface area (Å²) in [6, 6.07) is 0. The highest BCUT2D eigenvalue weighted by Crippen LogP contribution is 1.98. The third kappa shape index (κ3) is 4.36. The van der Waals surface area contributed by atoms with E-state index in [1.807, 2.05) is 6.92 Å². The summed E-state index contributed by atoms with van der Waals surface area (Å²) in [7, 11) is 0. The van der Waals surface area contributed by atoms with E-state index in [-0.39, 0.29) is 0 Å². The molecule has 11 heavy (non-hydrogen) atoms. The van der Waals surface area contributed by atoms with Gasteiger partial charge >= 0.3 is 0 Å². The van der Waals surface area contributed by atoms with E-state index in [4.69, 9.17) is 10.4 Å². The van der Waals surface area contributed by atoms with E-state index in [9.17, 15) is 0 Å². The zero-order valence-corrected chi connectivity index (χ0v) is 6.91. The van der Waals surface area contributed by atoms with Gasteiger partial charge in [0.05, 0.1) is 11.4 Å². The van der Waals surface area contributed by atoms with Gasteiger partial charge in [0.15, 0.2) is 0 Å². The third-order valence-corrected chi connectivity index (χ3v) is 1.50. The minimum atomic E-state index is 0.643. The van der Waals surface area contributed by atoms with Crippen molar-refractivity contribution in [1.82, 2.24) is 0 Å². The van der Waals surface area contributed by atoms with Crippen LogP contribution < -0.4 is 0 Å². The van der Waals surface area contributed by atoms with E-state index in [0.29, 0.717) is 18.6 Å². The highest BCUT2D eigenvalue weighted by molar-refractivity contribution is 5.89. The van der Waals surface area contributed by atoms with Crippen LogP contribution in [0.2, 0.25) is 0 Å². The number of hydrogen-bond acceptors (Lipinski definition) is 4. The predicted molar refractivity (Wildman–Crippen MR) is 43.6 cm³/mol. The lowest BCUT2D eigenvalue weighted by Crippen LogP contribution is -2.00. The summed E-state index contributed by atoms with van der Waals surface area (Å²) in [6.45, 7) is 3.64. The second-order valence-corrected chi connectivity index (χ2v) is 2.36. The van der Waals surface area contributed by atoms with Gasteiger partial charge in [-0.2, -0.15) is 0 Å². The minimum absolute atomic E-state index is 0.643. The topological polar surface area (TPSA) is 65.2 Å². The number of nitrogens with zero attached hydrogens (tertiary/aromatic N) is 2. The van der Waals surface area contributed by atoms with Gasteiger partial charge in [0.25, 0.3) is 0 Å². The zero-order valence-electron chi connectivity index (χ0n) is 6.91. The fourth-order valence-corrected chi connectivity index (χ4v) is 0.673. The maximum absolute atomic E-state index is 8.40. The Morgan fingerprint density at radius 1 is 1.18 bits per heavy atom. The molecule has 0 saturated carbocycles. The Morgan fingerprint density at radius 3 is 2.18 bits per heavy atom. The highest BCUT2D eigenvalue weighted by Gasteiger charge is 1.98. The van der Waals surface area contributed by atoms with Crippen LogP contribution in [0.3, 0.4) is 0 Å². The molecule has 0 aromatic heterocycles. The van der Waals surface area contributed by atoms with Crippen molar-refractivity contribution in [2.45, 2.75) is 33.1 Å². The summed E-state index contributed by atoms with van der Waals surface area (Å²) in [5.74, 6) is 0. The smallest absolute Gasteiger partial charge is 0.0571 e. The first kappa shape index (κ1) is 9.94. The lowest BCUT2D eigenvalue weighted by molar-refractivity contribution is 0.314. The molecule has 0 heterocycles. The van der Waals surface area contributed by atoms with Crippen LogP contribution in [-0.4, -0.2) is 21.8 Å². The van der Waals surface area contributed by atoms with Crippen molar-refractivity contribution >= 4 is 11.4 Å². The van der Waals surface area contributed by atoms with Gasteiger partial charge in [-0.3, -0.25) is 0 Å². The van der Waals surface area contributed by atoms with Crippen LogP contribution in [-0.2, 0) is 0 Å². The molecule has 64 valence electrons. The van der Waals surface area contributed by atoms with Crippen LogP contribution in [0, 0.1) is 0 Å². The third-order valence-electron chi connectivity index (χ3n) is 1.50. The first-order valence-electron chi connectivity index (χ1n) is 3.61. The van der Waals surface area contributed by atoms with Crippen molar-refractivity contribution < 1.29 is 10.4 Å². The summed E-state index contributed by atoms with van der Waals surface area (Å²) in [6.07, 6.45) is 2.03. The van der Waals surface area contributed by atoms with Gasteiger partial charge in [0, 0.05) is 0 Å². The molecule has 0 saturated heterocycles. The van der Waals surface area contributed by atoms with Crippen LogP contribution in [0.4, 0.5) is 0 Å². The van der Waals surface area contributed by atoms with E-state index >= 15 is 0 Å². The van der Waals surface area contributed by atoms with Crippen LogP contribution in [0.25, 0.3) is 0 Å². The molecule has 0 aliphatic heterocycles. The fourth-order valence-electron chi connectivity index (χ4n) is 0.673. The lowest BCUT2D eigenvalue weighted by atomic mass is 10.1. The van der Waals surface area contributed by atoms with Gasteiger partial charge in [-0.15, -0.1) is 0 Å². The zero-order chi connectivity index (χ0) is 8.69. The van der Waals surface area contributed by atoms with Crippen molar-refractivity contribution in [3.63, 3.8) is 0 Å². The maximum atomic E-state index is 8.40. The Balaban J connectivity index is 3.69. The van der Waals surface area contributed by atoms with Crippen LogP contribution in [0.1, 0.15) is 33.1 Å². The number of rotatable bonds is 4. The van der Waals surface area contributed by atoms with Gasteiger partial charge in [-0.05, 0) is 26.2 Å². The molecule has 0 atom stereocenters. The Morgan fingerprint density at radius 2 is 1.82 bits per heavy atom. The Labute approximate surface area is 66.2 Å². The van der Waals surface area contributed by atoms with E-state index in [1.165, 1.54) is 0 Å². The van der Waals surface area contributed by atoms with E-state index in [1.54, 1.807) is 6.92 Å². The summed E-state index contributed by atoms with van der Waals surface area (Å²) in [5, 5.41) is 22.8. The molecule has 4 nitrogen and oxygen atoms in total. The lowest BCUT2D eigenvalue weighted by Gasteiger charge is -1.98. The van der Waals surface area contributed by atoms with Gasteiger partial charge in [0.2, 0.25) is 0 Å². The van der Waals surface area contributed by atoms with Crippen LogP contribution in [0.5, 0.6) is 0 Å². The quantitative estimate of drug-likeness (QED) is 0.372. The molecule has 0 aromatic carbocycles. The molecule has 0 aromatic rings. The van der Waals surface area contributed by atoms with Gasteiger partial charge < -0.3 is 10.4 Å². The molecule has 0 rings (SSSR count). The van der Waals surface area contributed by atoms with Crippen molar-refractivity contribution in [3.05, 3.63) is 0 Å². The summed E-state index contributed by atoms with van der Waals surface area (Å²) in [5.41, 5.74) is 1.38. The molecule has 2 N–H and O–H groups in total. The molecule has 0 aliphatic carbocycles. The first-order chi connectivity index (χ1) is 5.24. The van der Waals surface area contributed by atoms with Crippen LogP contribution >= 0.6 is 0 Å². The van der Waals surface area contributed by atoms with Gasteiger partial charge in [0.1, 0.15) is 0 Å². The predicted octanol–water partition coefficient (Wildman–Crippen LogP) is 1.86. The maximum Gasteiger partial charge on any atom is 0.0571 e. The fraction of sp³-hybridized carbons (Fsp3) is 0.714. The normalized spacial score (nSPS) is 13.6. The van der Waals surface area contributed by atoms with Gasteiger partial charge in [-0.1, -0.05) is 17.2 Å². The van der Waals surface area contributed by atoms with Crippen molar-refractivity contribution in [2.24, 2.45) is 10.3 Å². The second-order valence-electron chi connectivity index (χ2n) is 2.36. The molecular formula is C7H14N2O2. The SMILES string of the molecule is CC/C(CC/C(C)=N/O)=N/O. The summed E-state index contributed by atoms with van der Waals surface area (Å²) < 4.78 is 0. The van der Waals surface area contributed by atoms with Crippen molar-refractivity contribution in [3.8, 4) is 0 Å². The average molecular weight is 158 g/mol. The molecule has 0 unspecified atom stereocenters. The second kappa shape index (κ2) is 5.70. The molecule has 4 heteroatoms. The molecule has 0 bridgehead atoms. The molecule has 0 spiro atoms. The monoisotopic (exact) mass is 158 g/mol. The van der Waals surface area contributed by atoms with E-state index in [0.717, 1.165) is 12.1 Å². The summed E-state index contributed by atoms with van der Waals surface area (Å²) in [4.78, 5) is 0. The largest absolute Gasteiger partial charge is 0.411 e. The standard InChI is InChI=1S/C7H14N2O2/c1-3-7(9-11)5-4-6(2)8-10/h10-11H,3-5H2,1-2H3/b8-6+,9-7-. The number of oxime groups is 2. The Kier molecular flexibility index (Phi) is 5.15. The molecule has 0 aliphatic rings. The van der Waals surface area contributed by atoms with E-state index < -0.39 is 0 Å². The molecular weight excluding hydrogens is 144 g/mol. The Hall–Kier alpha value is -1.06. The Bertz CT molecular complexity index is 164. The molecule has 0 fully saturated rings. The van der Waals surface area contributed by atoms with Crippen molar-refractivity contribution in [1.29, 1.82) is 0 Å². The molecule has 0 amide bonds.